The Balaban J connectivity index is 1.99. The molecule has 4 nitrogen and oxygen atoms in total. The predicted molar refractivity (Wildman–Crippen MR) is 74.9 cm³/mol. The Morgan fingerprint density at radius 2 is 1.69 bits per heavy atom. The quantitative estimate of drug-likeness (QED) is 0.465. The maximum Gasteiger partial charge on any atom is 0.188 e. The van der Waals surface area contributed by atoms with Crippen LogP contribution in [0.1, 0.15) is 0 Å². The van der Waals surface area contributed by atoms with Crippen molar-refractivity contribution in [1.29, 1.82) is 5.41 Å². The van der Waals surface area contributed by atoms with E-state index in [2.05, 4.69) is 51.8 Å². The van der Waals surface area contributed by atoms with Gasteiger partial charge in [0.15, 0.2) is 5.96 Å². The van der Waals surface area contributed by atoms with E-state index in [1.54, 1.807) is 0 Å². The third-order valence-electron chi connectivity index (χ3n) is 2.81. The first kappa shape index (κ1) is 11.5. The number of halogens is 1. The Morgan fingerprint density at radius 3 is 2.19 bits per heavy atom. The molecule has 0 atom stereocenters. The highest BCUT2D eigenvalue weighted by Gasteiger charge is 2.17. The lowest BCUT2D eigenvalue weighted by atomic mass is 10.2. The second-order valence-electron chi connectivity index (χ2n) is 3.84. The van der Waals surface area contributed by atoms with Gasteiger partial charge in [-0.05, 0) is 46.9 Å². The number of hydrogen-bond acceptors (Lipinski definition) is 2. The van der Waals surface area contributed by atoms with Crippen molar-refractivity contribution in [3.05, 3.63) is 27.8 Å². The SMILES string of the molecule is N=C(N)N1CCN(c2ccc([123I])cc2)CC1. The molecule has 1 aliphatic rings. The molecular formula is C11H15IN4. The monoisotopic (exact) mass is 326 g/mol. The summed E-state index contributed by atoms with van der Waals surface area (Å²) in [6, 6.07) is 8.52. The van der Waals surface area contributed by atoms with Gasteiger partial charge in [0.2, 0.25) is 0 Å². The van der Waals surface area contributed by atoms with E-state index in [1.807, 2.05) is 4.90 Å². The summed E-state index contributed by atoms with van der Waals surface area (Å²) in [5, 5.41) is 7.37. The van der Waals surface area contributed by atoms with Crippen molar-refractivity contribution >= 4 is 34.2 Å². The van der Waals surface area contributed by atoms with E-state index in [4.69, 9.17) is 11.1 Å². The van der Waals surface area contributed by atoms with Crippen LogP contribution in [0.5, 0.6) is 0 Å². The second-order valence-corrected chi connectivity index (χ2v) is 5.08. The van der Waals surface area contributed by atoms with Crippen LogP contribution in [0.25, 0.3) is 0 Å². The molecule has 3 N–H and O–H groups in total. The lowest BCUT2D eigenvalue weighted by molar-refractivity contribution is 0.380. The summed E-state index contributed by atoms with van der Waals surface area (Å²) in [7, 11) is 0. The number of rotatable bonds is 1. The molecule has 0 aromatic heterocycles. The summed E-state index contributed by atoms with van der Waals surface area (Å²) in [6.07, 6.45) is 0. The van der Waals surface area contributed by atoms with Gasteiger partial charge in [0, 0.05) is 35.4 Å². The van der Waals surface area contributed by atoms with Gasteiger partial charge in [0.1, 0.15) is 0 Å². The van der Waals surface area contributed by atoms with Crippen LogP contribution in [0.3, 0.4) is 0 Å². The molecule has 1 aromatic rings. The molecule has 16 heavy (non-hydrogen) atoms. The van der Waals surface area contributed by atoms with Crippen LogP contribution in [0.4, 0.5) is 5.69 Å². The van der Waals surface area contributed by atoms with Crippen LogP contribution in [0.15, 0.2) is 24.3 Å². The molecule has 0 radical (unpaired) electrons. The lowest BCUT2D eigenvalue weighted by Gasteiger charge is -2.36. The highest BCUT2D eigenvalue weighted by atomic mass is 123. The van der Waals surface area contributed by atoms with E-state index < -0.39 is 0 Å². The fraction of sp³-hybridized carbons (Fsp3) is 0.364. The normalized spacial score (nSPS) is 16.3. The van der Waals surface area contributed by atoms with Crippen molar-refractivity contribution in [2.24, 2.45) is 5.73 Å². The number of guanidine groups is 1. The van der Waals surface area contributed by atoms with Crippen molar-refractivity contribution in [3.63, 3.8) is 0 Å². The average molecular weight is 326 g/mol. The summed E-state index contributed by atoms with van der Waals surface area (Å²) in [4.78, 5) is 4.23. The molecule has 0 saturated carbocycles. The van der Waals surface area contributed by atoms with E-state index in [9.17, 15) is 0 Å². The predicted octanol–water partition coefficient (Wildman–Crippen LogP) is 1.31. The maximum atomic E-state index is 7.37. The van der Waals surface area contributed by atoms with E-state index in [0.717, 1.165) is 26.2 Å². The number of nitrogens with one attached hydrogen (secondary N) is 1. The minimum absolute atomic E-state index is 0.183. The zero-order valence-corrected chi connectivity index (χ0v) is 11.1. The van der Waals surface area contributed by atoms with Gasteiger partial charge in [-0.25, -0.2) is 0 Å². The van der Waals surface area contributed by atoms with E-state index in [1.165, 1.54) is 9.26 Å². The molecule has 1 fully saturated rings. The average Bonchev–Trinajstić information content (AvgIpc) is 2.30. The zero-order chi connectivity index (χ0) is 11.5. The van der Waals surface area contributed by atoms with Crippen molar-refractivity contribution in [2.45, 2.75) is 0 Å². The van der Waals surface area contributed by atoms with Crippen molar-refractivity contribution < 1.29 is 0 Å². The number of nitrogens with zero attached hydrogens (tertiary/aromatic N) is 2. The van der Waals surface area contributed by atoms with Crippen LogP contribution in [-0.4, -0.2) is 37.0 Å². The standard InChI is InChI=1S/C11H15IN4/c12-9-1-3-10(4-2-9)15-5-7-16(8-6-15)11(13)14/h1-4H,5-8H2,(H3,13,14)/i12-4. The summed E-state index contributed by atoms with van der Waals surface area (Å²) in [6.45, 7) is 3.53. The van der Waals surface area contributed by atoms with Gasteiger partial charge in [-0.15, -0.1) is 0 Å². The molecule has 5 heteroatoms. The summed E-state index contributed by atoms with van der Waals surface area (Å²) in [5.74, 6) is 0.183. The van der Waals surface area contributed by atoms with Crippen LogP contribution < -0.4 is 10.6 Å². The molecule has 1 aliphatic heterocycles. The van der Waals surface area contributed by atoms with Crippen LogP contribution in [0.2, 0.25) is 0 Å². The minimum Gasteiger partial charge on any atom is -0.370 e. The Morgan fingerprint density at radius 1 is 1.12 bits per heavy atom. The van der Waals surface area contributed by atoms with Crippen LogP contribution in [-0.2, 0) is 0 Å². The molecular weight excluding hydrogens is 311 g/mol. The Kier molecular flexibility index (Phi) is 3.52. The number of hydrogen-bond donors (Lipinski definition) is 2. The van der Waals surface area contributed by atoms with Gasteiger partial charge in [-0.3, -0.25) is 5.41 Å². The third-order valence-corrected chi connectivity index (χ3v) is 3.53. The number of piperazine rings is 1. The molecule has 1 heterocycles. The number of nitrogens with two attached hydrogens (primary N) is 1. The fourth-order valence-corrected chi connectivity index (χ4v) is 2.22. The second kappa shape index (κ2) is 4.90. The largest absolute Gasteiger partial charge is 0.370 e. The molecule has 0 bridgehead atoms. The van der Waals surface area contributed by atoms with Gasteiger partial charge < -0.3 is 15.5 Å². The summed E-state index contributed by atoms with van der Waals surface area (Å²) < 4.78 is 1.25. The highest BCUT2D eigenvalue weighted by Crippen LogP contribution is 2.17. The van der Waals surface area contributed by atoms with E-state index in [-0.39, 0.29) is 5.96 Å². The van der Waals surface area contributed by atoms with E-state index in [0.29, 0.717) is 0 Å². The molecule has 0 aliphatic carbocycles. The van der Waals surface area contributed by atoms with Crippen LogP contribution >= 0.6 is 22.6 Å². The summed E-state index contributed by atoms with van der Waals surface area (Å²) in [5.41, 5.74) is 6.71. The topological polar surface area (TPSA) is 56.4 Å². The van der Waals surface area contributed by atoms with Gasteiger partial charge >= 0.3 is 0 Å². The molecule has 1 saturated heterocycles. The Labute approximate surface area is 109 Å². The molecule has 2 rings (SSSR count). The first-order valence-electron chi connectivity index (χ1n) is 5.26. The molecule has 1 aromatic carbocycles. The number of anilines is 1. The maximum absolute atomic E-state index is 7.37. The van der Waals surface area contributed by atoms with Crippen LogP contribution in [0, 0.1) is 8.98 Å². The Bertz CT molecular complexity index is 368. The van der Waals surface area contributed by atoms with Gasteiger partial charge in [0.05, 0.1) is 0 Å². The van der Waals surface area contributed by atoms with Crippen molar-refractivity contribution in [1.82, 2.24) is 4.90 Å². The van der Waals surface area contributed by atoms with Gasteiger partial charge in [-0.1, -0.05) is 0 Å². The first-order chi connectivity index (χ1) is 7.66. The van der Waals surface area contributed by atoms with E-state index >= 15 is 0 Å². The fourth-order valence-electron chi connectivity index (χ4n) is 1.86. The highest BCUT2D eigenvalue weighted by molar-refractivity contribution is 14.1. The van der Waals surface area contributed by atoms with Gasteiger partial charge in [0.25, 0.3) is 0 Å². The first-order valence-corrected chi connectivity index (χ1v) is 6.34. The lowest BCUT2D eigenvalue weighted by Crippen LogP contribution is -2.50. The van der Waals surface area contributed by atoms with Gasteiger partial charge in [-0.2, -0.15) is 0 Å². The zero-order valence-electron chi connectivity index (χ0n) is 8.99. The van der Waals surface area contributed by atoms with Crippen molar-refractivity contribution in [2.75, 3.05) is 31.1 Å². The molecule has 86 valence electrons. The third kappa shape index (κ3) is 2.58. The molecule has 0 amide bonds. The minimum atomic E-state index is 0.183. The Hall–Kier alpha value is -0.980. The summed E-state index contributed by atoms with van der Waals surface area (Å²) >= 11 is 2.31. The van der Waals surface area contributed by atoms with Crippen molar-refractivity contribution in [3.8, 4) is 0 Å². The number of benzene rings is 1. The molecule has 0 spiro atoms. The smallest absolute Gasteiger partial charge is 0.188 e. The molecule has 0 unspecified atom stereocenters.